The summed E-state index contributed by atoms with van der Waals surface area (Å²) in [7, 11) is 1.74. The predicted octanol–water partition coefficient (Wildman–Crippen LogP) is 5.26. The second-order valence-corrected chi connectivity index (χ2v) is 9.15. The molecule has 1 saturated heterocycles. The maximum atomic E-state index is 12.5. The van der Waals surface area contributed by atoms with Gasteiger partial charge in [0.1, 0.15) is 17.0 Å². The number of benzene rings is 1. The minimum atomic E-state index is -0.537. The van der Waals surface area contributed by atoms with Gasteiger partial charge < -0.3 is 18.9 Å². The van der Waals surface area contributed by atoms with Crippen LogP contribution in [0.4, 0.5) is 4.79 Å². The van der Waals surface area contributed by atoms with Gasteiger partial charge in [-0.2, -0.15) is 0 Å². The highest BCUT2D eigenvalue weighted by Crippen LogP contribution is 2.38. The molecule has 0 spiro atoms. The van der Waals surface area contributed by atoms with Gasteiger partial charge in [0.25, 0.3) is 0 Å². The van der Waals surface area contributed by atoms with Crippen LogP contribution in [-0.2, 0) is 15.1 Å². The Morgan fingerprint density at radius 3 is 2.50 bits per heavy atom. The zero-order valence-electron chi connectivity index (χ0n) is 19.1. The summed E-state index contributed by atoms with van der Waals surface area (Å²) in [4.78, 5) is 19.0. The molecular formula is C24H35N3O3. The summed E-state index contributed by atoms with van der Waals surface area (Å²) in [6.45, 7) is 11.3. The van der Waals surface area contributed by atoms with Crippen LogP contribution in [0.1, 0.15) is 71.2 Å². The molecule has 0 aliphatic carbocycles. The molecule has 1 atom stereocenters. The van der Waals surface area contributed by atoms with Gasteiger partial charge in [0.05, 0.1) is 5.69 Å². The highest BCUT2D eigenvalue weighted by atomic mass is 16.6. The van der Waals surface area contributed by atoms with Crippen LogP contribution in [0.25, 0.3) is 5.69 Å². The zero-order valence-corrected chi connectivity index (χ0v) is 19.1. The zero-order chi connectivity index (χ0) is 21.9. The summed E-state index contributed by atoms with van der Waals surface area (Å²) in [6.07, 6.45) is 6.00. The lowest BCUT2D eigenvalue weighted by molar-refractivity contribution is -0.0715. The molecule has 6 heteroatoms. The van der Waals surface area contributed by atoms with Crippen molar-refractivity contribution in [1.29, 1.82) is 0 Å². The molecule has 1 aromatic carbocycles. The third-order valence-corrected chi connectivity index (χ3v) is 6.00. The molecule has 0 radical (unpaired) electrons. The summed E-state index contributed by atoms with van der Waals surface area (Å²) in [5, 5.41) is 0. The van der Waals surface area contributed by atoms with Crippen LogP contribution in [0, 0.1) is 0 Å². The standard InChI is InChI=1S/C24H35N3O3/c1-7-18(2)19-10-8-9-11-20(19)27-17-14-25-21(27)24(29-6)12-15-26(16-13-24)22(28)30-23(3,4)5/h8-11,14,17-18H,7,12-13,15-16H2,1-6H3. The lowest BCUT2D eigenvalue weighted by Gasteiger charge is -2.40. The van der Waals surface area contributed by atoms with Crippen LogP contribution in [0.3, 0.4) is 0 Å². The molecule has 1 aliphatic heterocycles. The SMILES string of the molecule is CCC(C)c1ccccc1-n1ccnc1C1(OC)CCN(C(=O)OC(C)(C)C)CC1. The summed E-state index contributed by atoms with van der Waals surface area (Å²) in [5.74, 6) is 1.34. The summed E-state index contributed by atoms with van der Waals surface area (Å²) >= 11 is 0. The molecule has 1 fully saturated rings. The first-order chi connectivity index (χ1) is 14.2. The van der Waals surface area contributed by atoms with Crippen LogP contribution in [0.15, 0.2) is 36.7 Å². The molecule has 2 heterocycles. The Balaban J connectivity index is 1.88. The molecule has 6 nitrogen and oxygen atoms in total. The average Bonchev–Trinajstić information content (AvgIpc) is 3.22. The first-order valence-electron chi connectivity index (χ1n) is 10.9. The number of amides is 1. The second-order valence-electron chi connectivity index (χ2n) is 9.15. The maximum absolute atomic E-state index is 12.5. The van der Waals surface area contributed by atoms with Crippen LogP contribution in [-0.4, -0.2) is 46.3 Å². The monoisotopic (exact) mass is 413 g/mol. The van der Waals surface area contributed by atoms with E-state index in [4.69, 9.17) is 14.5 Å². The van der Waals surface area contributed by atoms with Gasteiger partial charge in [-0.05, 0) is 44.7 Å². The Labute approximate surface area is 180 Å². The highest BCUT2D eigenvalue weighted by molar-refractivity contribution is 5.68. The van der Waals surface area contributed by atoms with Crippen molar-refractivity contribution in [2.45, 2.75) is 71.0 Å². The lowest BCUT2D eigenvalue weighted by Crippen LogP contribution is -2.48. The molecule has 164 valence electrons. The van der Waals surface area contributed by atoms with Gasteiger partial charge in [-0.1, -0.05) is 32.0 Å². The van der Waals surface area contributed by atoms with Crippen LogP contribution >= 0.6 is 0 Å². The fourth-order valence-electron chi connectivity index (χ4n) is 4.07. The number of para-hydroxylation sites is 1. The van der Waals surface area contributed by atoms with Crippen molar-refractivity contribution in [2.75, 3.05) is 20.2 Å². The number of likely N-dealkylation sites (tertiary alicyclic amines) is 1. The largest absolute Gasteiger partial charge is 0.444 e. The number of carbonyl (C=O) groups excluding carboxylic acids is 1. The summed E-state index contributed by atoms with van der Waals surface area (Å²) in [6, 6.07) is 8.49. The highest BCUT2D eigenvalue weighted by Gasteiger charge is 2.42. The first kappa shape index (κ1) is 22.3. The average molecular weight is 414 g/mol. The molecular weight excluding hydrogens is 378 g/mol. The summed E-state index contributed by atoms with van der Waals surface area (Å²) in [5.41, 5.74) is 1.41. The van der Waals surface area contributed by atoms with E-state index < -0.39 is 11.2 Å². The van der Waals surface area contributed by atoms with E-state index >= 15 is 0 Å². The summed E-state index contributed by atoms with van der Waals surface area (Å²) < 4.78 is 13.8. The first-order valence-corrected chi connectivity index (χ1v) is 10.9. The van der Waals surface area contributed by atoms with Crippen LogP contribution in [0.2, 0.25) is 0 Å². The van der Waals surface area contributed by atoms with E-state index in [9.17, 15) is 4.79 Å². The Morgan fingerprint density at radius 1 is 1.23 bits per heavy atom. The number of carbonyl (C=O) groups is 1. The predicted molar refractivity (Wildman–Crippen MR) is 118 cm³/mol. The molecule has 1 amide bonds. The van der Waals surface area contributed by atoms with E-state index in [1.54, 1.807) is 12.0 Å². The Bertz CT molecular complexity index is 861. The molecule has 0 saturated carbocycles. The number of nitrogens with zero attached hydrogens (tertiary/aromatic N) is 3. The fraction of sp³-hybridized carbons (Fsp3) is 0.583. The molecule has 0 bridgehead atoms. The third kappa shape index (κ3) is 4.53. The van der Waals surface area contributed by atoms with Crippen molar-refractivity contribution in [3.8, 4) is 5.69 Å². The van der Waals surface area contributed by atoms with Gasteiger partial charge in [-0.15, -0.1) is 0 Å². The molecule has 3 rings (SSSR count). The van der Waals surface area contributed by atoms with Gasteiger partial charge in [-0.3, -0.25) is 0 Å². The molecule has 1 aliphatic rings. The van der Waals surface area contributed by atoms with E-state index in [2.05, 4.69) is 42.7 Å². The van der Waals surface area contributed by atoms with Gasteiger partial charge in [0, 0.05) is 45.4 Å². The minimum Gasteiger partial charge on any atom is -0.444 e. The van der Waals surface area contributed by atoms with E-state index in [1.807, 2.05) is 33.2 Å². The lowest BCUT2D eigenvalue weighted by atomic mass is 9.89. The third-order valence-electron chi connectivity index (χ3n) is 6.00. The van der Waals surface area contributed by atoms with Crippen LogP contribution in [0.5, 0.6) is 0 Å². The van der Waals surface area contributed by atoms with E-state index in [0.29, 0.717) is 31.8 Å². The van der Waals surface area contributed by atoms with Crippen molar-refractivity contribution in [2.24, 2.45) is 0 Å². The van der Waals surface area contributed by atoms with Gasteiger partial charge >= 0.3 is 6.09 Å². The number of ether oxygens (including phenoxy) is 2. The van der Waals surface area contributed by atoms with E-state index in [0.717, 1.165) is 17.9 Å². The molecule has 30 heavy (non-hydrogen) atoms. The quantitative estimate of drug-likeness (QED) is 0.671. The number of methoxy groups -OCH3 is 1. The molecule has 2 aromatic rings. The second kappa shape index (κ2) is 8.80. The number of imidazole rings is 1. The number of piperidine rings is 1. The van der Waals surface area contributed by atoms with Crippen molar-refractivity contribution >= 4 is 6.09 Å². The van der Waals surface area contributed by atoms with Gasteiger partial charge in [0.2, 0.25) is 0 Å². The fourth-order valence-corrected chi connectivity index (χ4v) is 4.07. The van der Waals surface area contributed by atoms with Gasteiger partial charge in [0.15, 0.2) is 0 Å². The van der Waals surface area contributed by atoms with Crippen LogP contribution < -0.4 is 0 Å². The Kier molecular flexibility index (Phi) is 6.56. The number of rotatable bonds is 5. The van der Waals surface area contributed by atoms with E-state index in [1.165, 1.54) is 5.56 Å². The van der Waals surface area contributed by atoms with Crippen molar-refractivity contribution in [3.63, 3.8) is 0 Å². The topological polar surface area (TPSA) is 56.6 Å². The van der Waals surface area contributed by atoms with Crippen molar-refractivity contribution in [1.82, 2.24) is 14.5 Å². The van der Waals surface area contributed by atoms with Crippen molar-refractivity contribution in [3.05, 3.63) is 48.0 Å². The van der Waals surface area contributed by atoms with E-state index in [-0.39, 0.29) is 6.09 Å². The number of hydrogen-bond acceptors (Lipinski definition) is 4. The Hall–Kier alpha value is -2.34. The van der Waals surface area contributed by atoms with Gasteiger partial charge in [-0.25, -0.2) is 9.78 Å². The maximum Gasteiger partial charge on any atom is 0.410 e. The number of aromatic nitrogens is 2. The normalized spacial score (nSPS) is 17.6. The number of hydrogen-bond donors (Lipinski definition) is 0. The molecule has 1 unspecified atom stereocenters. The molecule has 0 N–H and O–H groups in total. The van der Waals surface area contributed by atoms with Crippen molar-refractivity contribution < 1.29 is 14.3 Å². The Morgan fingerprint density at radius 2 is 1.90 bits per heavy atom. The smallest absolute Gasteiger partial charge is 0.410 e. The minimum absolute atomic E-state index is 0.266. The molecule has 1 aromatic heterocycles.